The molecule has 3 rings (SSSR count). The third kappa shape index (κ3) is 4.00. The number of fused-ring (bicyclic) bond motifs is 1. The van der Waals surface area contributed by atoms with Crippen LogP contribution in [0.15, 0.2) is 42.5 Å². The van der Waals surface area contributed by atoms with Gasteiger partial charge in [0.25, 0.3) is 17.5 Å². The van der Waals surface area contributed by atoms with Crippen LogP contribution in [0.25, 0.3) is 0 Å². The third-order valence-electron chi connectivity index (χ3n) is 4.73. The summed E-state index contributed by atoms with van der Waals surface area (Å²) < 4.78 is 0. The molecule has 0 bridgehead atoms. The highest BCUT2D eigenvalue weighted by Gasteiger charge is 2.42. The van der Waals surface area contributed by atoms with Gasteiger partial charge in [0.1, 0.15) is 6.04 Å². The van der Waals surface area contributed by atoms with Crippen molar-refractivity contribution < 1.29 is 19.3 Å². The number of carbonyl (C=O) groups is 3. The Morgan fingerprint density at radius 1 is 1.17 bits per heavy atom. The van der Waals surface area contributed by atoms with Gasteiger partial charge in [-0.05, 0) is 43.0 Å². The van der Waals surface area contributed by atoms with Gasteiger partial charge in [0.05, 0.1) is 21.7 Å². The molecule has 1 aliphatic rings. The fourth-order valence-electron chi connectivity index (χ4n) is 3.17. The van der Waals surface area contributed by atoms with Crippen LogP contribution in [-0.4, -0.2) is 45.6 Å². The lowest BCUT2D eigenvalue weighted by Crippen LogP contribution is -2.47. The van der Waals surface area contributed by atoms with Gasteiger partial charge >= 0.3 is 0 Å². The van der Waals surface area contributed by atoms with Crippen molar-refractivity contribution in [1.82, 2.24) is 4.90 Å². The first-order valence-electron chi connectivity index (χ1n) is 8.87. The number of imide groups is 1. The van der Waals surface area contributed by atoms with Crippen molar-refractivity contribution in [2.45, 2.75) is 19.4 Å². The summed E-state index contributed by atoms with van der Waals surface area (Å²) in [7, 11) is 0. The van der Waals surface area contributed by atoms with Crippen molar-refractivity contribution in [1.29, 1.82) is 0 Å². The van der Waals surface area contributed by atoms with Crippen LogP contribution in [0.5, 0.6) is 0 Å². The molecule has 0 radical (unpaired) electrons. The molecule has 8 nitrogen and oxygen atoms in total. The molecule has 9 heteroatoms. The van der Waals surface area contributed by atoms with Gasteiger partial charge in [0.2, 0.25) is 5.91 Å². The number of amides is 3. The molecule has 150 valence electrons. The quantitative estimate of drug-likeness (QED) is 0.424. The maximum absolute atomic E-state index is 13.0. The van der Waals surface area contributed by atoms with Crippen molar-refractivity contribution >= 4 is 40.9 Å². The molecule has 29 heavy (non-hydrogen) atoms. The number of aryl methyl sites for hydroxylation is 1. The van der Waals surface area contributed by atoms with E-state index in [4.69, 9.17) is 0 Å². The zero-order valence-electron chi connectivity index (χ0n) is 15.9. The average molecular weight is 413 g/mol. The van der Waals surface area contributed by atoms with E-state index in [9.17, 15) is 24.5 Å². The van der Waals surface area contributed by atoms with E-state index in [0.29, 0.717) is 11.3 Å². The fourth-order valence-corrected chi connectivity index (χ4v) is 3.63. The second-order valence-corrected chi connectivity index (χ2v) is 7.55. The van der Waals surface area contributed by atoms with Gasteiger partial charge < -0.3 is 5.32 Å². The topological polar surface area (TPSA) is 110 Å². The van der Waals surface area contributed by atoms with E-state index in [1.807, 2.05) is 6.26 Å². The van der Waals surface area contributed by atoms with Crippen molar-refractivity contribution in [2.24, 2.45) is 0 Å². The Morgan fingerprint density at radius 3 is 2.34 bits per heavy atom. The number of nitrogens with one attached hydrogen (secondary N) is 1. The molecule has 0 spiro atoms. The van der Waals surface area contributed by atoms with Crippen LogP contribution in [0.3, 0.4) is 0 Å². The molecule has 0 saturated heterocycles. The number of rotatable bonds is 7. The Labute approximate surface area is 171 Å². The highest BCUT2D eigenvalue weighted by atomic mass is 32.2. The molecule has 2 aromatic rings. The number of thioether (sulfide) groups is 1. The van der Waals surface area contributed by atoms with Gasteiger partial charge in [-0.1, -0.05) is 18.2 Å². The molecule has 1 aliphatic heterocycles. The van der Waals surface area contributed by atoms with E-state index in [1.165, 1.54) is 30.0 Å². The standard InChI is InChI=1S/C20H19N3O5S/c1-12-7-8-13(23(27)28)11-16(12)21-18(24)17(9-10-29-2)22-19(25)14-5-3-4-6-15(14)20(22)26/h3-8,11,17H,9-10H2,1-2H3,(H,21,24). The Morgan fingerprint density at radius 2 is 1.79 bits per heavy atom. The van der Waals surface area contributed by atoms with E-state index in [-0.39, 0.29) is 28.9 Å². The van der Waals surface area contributed by atoms with E-state index in [2.05, 4.69) is 5.32 Å². The number of non-ortho nitro benzene ring substituents is 1. The number of hydrogen-bond acceptors (Lipinski definition) is 6. The molecule has 3 amide bonds. The monoisotopic (exact) mass is 413 g/mol. The number of benzene rings is 2. The van der Waals surface area contributed by atoms with Crippen LogP contribution in [-0.2, 0) is 4.79 Å². The van der Waals surface area contributed by atoms with Crippen molar-refractivity contribution in [3.8, 4) is 0 Å². The SMILES string of the molecule is CSCCC(C(=O)Nc1cc([N+](=O)[O-])ccc1C)N1C(=O)c2ccccc2C1=O. The summed E-state index contributed by atoms with van der Waals surface area (Å²) in [6, 6.07) is 9.57. The van der Waals surface area contributed by atoms with Crippen molar-refractivity contribution in [3.05, 3.63) is 69.3 Å². The van der Waals surface area contributed by atoms with E-state index in [1.54, 1.807) is 31.2 Å². The smallest absolute Gasteiger partial charge is 0.271 e. The first-order chi connectivity index (χ1) is 13.8. The van der Waals surface area contributed by atoms with Gasteiger partial charge in [-0.25, -0.2) is 0 Å². The lowest BCUT2D eigenvalue weighted by Gasteiger charge is -2.25. The summed E-state index contributed by atoms with van der Waals surface area (Å²) in [5.74, 6) is -1.03. The average Bonchev–Trinajstić information content (AvgIpc) is 2.95. The second kappa shape index (κ2) is 8.44. The summed E-state index contributed by atoms with van der Waals surface area (Å²) in [4.78, 5) is 50.1. The highest BCUT2D eigenvalue weighted by Crippen LogP contribution is 2.28. The molecule has 1 atom stereocenters. The molecule has 0 aliphatic carbocycles. The van der Waals surface area contributed by atoms with E-state index >= 15 is 0 Å². The van der Waals surface area contributed by atoms with Crippen LogP contribution in [0.2, 0.25) is 0 Å². The molecular weight excluding hydrogens is 394 g/mol. The van der Waals surface area contributed by atoms with Gasteiger partial charge in [-0.15, -0.1) is 0 Å². The first-order valence-corrected chi connectivity index (χ1v) is 10.3. The summed E-state index contributed by atoms with van der Waals surface area (Å²) in [6.45, 7) is 1.71. The summed E-state index contributed by atoms with van der Waals surface area (Å²) in [6.07, 6.45) is 2.13. The maximum Gasteiger partial charge on any atom is 0.271 e. The number of anilines is 1. The maximum atomic E-state index is 13.0. The summed E-state index contributed by atoms with van der Waals surface area (Å²) >= 11 is 1.49. The van der Waals surface area contributed by atoms with Gasteiger partial charge in [0, 0.05) is 12.1 Å². The minimum Gasteiger partial charge on any atom is -0.324 e. The Hall–Kier alpha value is -3.20. The predicted molar refractivity (Wildman–Crippen MR) is 110 cm³/mol. The lowest BCUT2D eigenvalue weighted by atomic mass is 10.1. The van der Waals surface area contributed by atoms with Crippen LogP contribution >= 0.6 is 11.8 Å². The van der Waals surface area contributed by atoms with Crippen LogP contribution in [0, 0.1) is 17.0 Å². The number of nitrogens with zero attached hydrogens (tertiary/aromatic N) is 2. The molecule has 2 aromatic carbocycles. The number of hydrogen-bond donors (Lipinski definition) is 1. The number of carbonyl (C=O) groups excluding carboxylic acids is 3. The predicted octanol–water partition coefficient (Wildman–Crippen LogP) is 3.26. The largest absolute Gasteiger partial charge is 0.324 e. The summed E-state index contributed by atoms with van der Waals surface area (Å²) in [5.41, 5.74) is 1.29. The van der Waals surface area contributed by atoms with Crippen molar-refractivity contribution in [3.63, 3.8) is 0 Å². The molecular formula is C20H19N3O5S. The molecule has 0 saturated carbocycles. The van der Waals surface area contributed by atoms with Crippen LogP contribution < -0.4 is 5.32 Å². The zero-order valence-corrected chi connectivity index (χ0v) is 16.7. The normalized spacial score (nSPS) is 13.9. The van der Waals surface area contributed by atoms with Gasteiger partial charge in [0.15, 0.2) is 0 Å². The highest BCUT2D eigenvalue weighted by molar-refractivity contribution is 7.98. The number of nitro groups is 1. The first kappa shape index (κ1) is 20.5. The molecule has 0 fully saturated rings. The van der Waals surface area contributed by atoms with Crippen molar-refractivity contribution in [2.75, 3.05) is 17.3 Å². The zero-order chi connectivity index (χ0) is 21.1. The van der Waals surface area contributed by atoms with E-state index < -0.39 is 28.7 Å². The molecule has 1 heterocycles. The van der Waals surface area contributed by atoms with E-state index in [0.717, 1.165) is 4.90 Å². The van der Waals surface area contributed by atoms with Crippen LogP contribution in [0.4, 0.5) is 11.4 Å². The number of nitro benzene ring substituents is 1. The Bertz CT molecular complexity index is 972. The van der Waals surface area contributed by atoms with Gasteiger partial charge in [-0.3, -0.25) is 29.4 Å². The lowest BCUT2D eigenvalue weighted by molar-refractivity contribution is -0.384. The fraction of sp³-hybridized carbons (Fsp3) is 0.250. The van der Waals surface area contributed by atoms with Crippen LogP contribution in [0.1, 0.15) is 32.7 Å². The second-order valence-electron chi connectivity index (χ2n) is 6.57. The third-order valence-corrected chi connectivity index (χ3v) is 5.37. The molecule has 1 unspecified atom stereocenters. The summed E-state index contributed by atoms with van der Waals surface area (Å²) in [5, 5.41) is 13.7. The minimum absolute atomic E-state index is 0.160. The Kier molecular flexibility index (Phi) is 5.97. The van der Waals surface area contributed by atoms with Gasteiger partial charge in [-0.2, -0.15) is 11.8 Å². The minimum atomic E-state index is -1.02. The molecule has 0 aromatic heterocycles. The Balaban J connectivity index is 1.91. The molecule has 1 N–H and O–H groups in total.